The molecule has 1 aromatic heterocycles. The number of carbonyl (C=O) groups is 2. The van der Waals surface area contributed by atoms with E-state index >= 15 is 0 Å². The van der Waals surface area contributed by atoms with Crippen LogP contribution in [-0.4, -0.2) is 45.8 Å². The molecule has 0 bridgehead atoms. The lowest BCUT2D eigenvalue weighted by Gasteiger charge is -2.21. The summed E-state index contributed by atoms with van der Waals surface area (Å²) >= 11 is 0. The minimum Gasteiger partial charge on any atom is -0.352 e. The van der Waals surface area contributed by atoms with Gasteiger partial charge < -0.3 is 10.2 Å². The summed E-state index contributed by atoms with van der Waals surface area (Å²) in [5.74, 6) is 1.22. The average molecular weight is 328 g/mol. The molecule has 1 aromatic rings. The van der Waals surface area contributed by atoms with Gasteiger partial charge in [0.05, 0.1) is 17.8 Å². The van der Waals surface area contributed by atoms with Crippen molar-refractivity contribution in [3.8, 4) is 0 Å². The Labute approximate surface area is 142 Å². The van der Waals surface area contributed by atoms with Crippen LogP contribution in [0.1, 0.15) is 72.7 Å². The van der Waals surface area contributed by atoms with E-state index in [9.17, 15) is 9.59 Å². The molecule has 0 atom stereocenters. The zero-order valence-electron chi connectivity index (χ0n) is 14.0. The molecule has 0 saturated heterocycles. The van der Waals surface area contributed by atoms with Gasteiger partial charge in [0.2, 0.25) is 5.91 Å². The molecule has 1 aliphatic heterocycles. The molecule has 1 N–H and O–H groups in total. The van der Waals surface area contributed by atoms with Crippen molar-refractivity contribution in [2.45, 2.75) is 63.3 Å². The molecule has 2 amide bonds. The number of hydrogen-bond acceptors (Lipinski definition) is 4. The van der Waals surface area contributed by atoms with Crippen LogP contribution in [0.3, 0.4) is 0 Å². The molecule has 6 nitrogen and oxygen atoms in total. The highest BCUT2D eigenvalue weighted by Crippen LogP contribution is 2.38. The standard InChI is InChI=1S/C18H24N4O2/c23-16(20-13-4-1-2-5-13)11-22-9-3-6-15-14(18(22)24)10-19-17(21-15)12-7-8-12/h10,12-13H,1-9,11H2,(H,20,23). The van der Waals surface area contributed by atoms with Crippen molar-refractivity contribution in [2.75, 3.05) is 13.1 Å². The van der Waals surface area contributed by atoms with Crippen molar-refractivity contribution >= 4 is 11.8 Å². The maximum absolute atomic E-state index is 12.8. The van der Waals surface area contributed by atoms with Gasteiger partial charge >= 0.3 is 0 Å². The Morgan fingerprint density at radius 3 is 2.75 bits per heavy atom. The fourth-order valence-corrected chi connectivity index (χ4v) is 3.72. The molecule has 2 fully saturated rings. The van der Waals surface area contributed by atoms with Crippen LogP contribution in [0.5, 0.6) is 0 Å². The van der Waals surface area contributed by atoms with Crippen molar-refractivity contribution in [2.24, 2.45) is 0 Å². The van der Waals surface area contributed by atoms with E-state index in [-0.39, 0.29) is 24.4 Å². The molecule has 2 saturated carbocycles. The minimum atomic E-state index is -0.105. The predicted octanol–water partition coefficient (Wildman–Crippen LogP) is 1.80. The third-order valence-electron chi connectivity index (χ3n) is 5.24. The van der Waals surface area contributed by atoms with Crippen molar-refractivity contribution in [3.63, 3.8) is 0 Å². The van der Waals surface area contributed by atoms with Gasteiger partial charge in [-0.2, -0.15) is 0 Å². The van der Waals surface area contributed by atoms with Gasteiger partial charge in [-0.3, -0.25) is 9.59 Å². The van der Waals surface area contributed by atoms with E-state index in [2.05, 4.69) is 15.3 Å². The molecular formula is C18H24N4O2. The van der Waals surface area contributed by atoms with E-state index < -0.39 is 0 Å². The smallest absolute Gasteiger partial charge is 0.257 e. The number of aryl methyl sites for hydroxylation is 1. The minimum absolute atomic E-state index is 0.0470. The number of carbonyl (C=O) groups excluding carboxylic acids is 2. The Kier molecular flexibility index (Phi) is 4.21. The molecule has 0 radical (unpaired) electrons. The third kappa shape index (κ3) is 3.28. The van der Waals surface area contributed by atoms with Crippen LogP contribution in [-0.2, 0) is 11.2 Å². The second-order valence-corrected chi connectivity index (χ2v) is 7.24. The summed E-state index contributed by atoms with van der Waals surface area (Å²) in [6.07, 6.45) is 10.1. The first-order chi connectivity index (χ1) is 11.7. The van der Waals surface area contributed by atoms with Crippen molar-refractivity contribution in [3.05, 3.63) is 23.3 Å². The number of nitrogens with zero attached hydrogens (tertiary/aromatic N) is 3. The monoisotopic (exact) mass is 328 g/mol. The fraction of sp³-hybridized carbons (Fsp3) is 0.667. The Morgan fingerprint density at radius 2 is 2.00 bits per heavy atom. The lowest BCUT2D eigenvalue weighted by molar-refractivity contribution is -0.122. The lowest BCUT2D eigenvalue weighted by atomic mass is 10.1. The summed E-state index contributed by atoms with van der Waals surface area (Å²) in [5.41, 5.74) is 1.43. The fourth-order valence-electron chi connectivity index (χ4n) is 3.72. The van der Waals surface area contributed by atoms with Crippen LogP contribution in [0.15, 0.2) is 6.20 Å². The average Bonchev–Trinajstić information content (AvgIpc) is 3.33. The van der Waals surface area contributed by atoms with E-state index in [1.807, 2.05) is 0 Å². The zero-order valence-corrected chi connectivity index (χ0v) is 14.0. The van der Waals surface area contributed by atoms with Gasteiger partial charge in [-0.15, -0.1) is 0 Å². The molecule has 0 unspecified atom stereocenters. The number of amides is 2. The number of rotatable bonds is 4. The molecule has 4 rings (SSSR count). The quantitative estimate of drug-likeness (QED) is 0.914. The lowest BCUT2D eigenvalue weighted by Crippen LogP contribution is -2.43. The zero-order chi connectivity index (χ0) is 16.5. The highest BCUT2D eigenvalue weighted by molar-refractivity contribution is 5.97. The Morgan fingerprint density at radius 1 is 1.21 bits per heavy atom. The van der Waals surface area contributed by atoms with E-state index in [0.717, 1.165) is 50.0 Å². The van der Waals surface area contributed by atoms with E-state index in [1.165, 1.54) is 12.8 Å². The van der Waals surface area contributed by atoms with Crippen molar-refractivity contribution in [1.29, 1.82) is 0 Å². The van der Waals surface area contributed by atoms with Crippen LogP contribution in [0.4, 0.5) is 0 Å². The summed E-state index contributed by atoms with van der Waals surface area (Å²) in [4.78, 5) is 35.7. The van der Waals surface area contributed by atoms with Crippen LogP contribution in [0.25, 0.3) is 0 Å². The molecule has 0 spiro atoms. The number of fused-ring (bicyclic) bond motifs is 1. The number of nitrogens with one attached hydrogen (secondary N) is 1. The van der Waals surface area contributed by atoms with Gasteiger partial charge in [0.1, 0.15) is 5.82 Å². The maximum Gasteiger partial charge on any atom is 0.257 e. The first kappa shape index (κ1) is 15.5. The molecular weight excluding hydrogens is 304 g/mol. The molecule has 0 aromatic carbocycles. The van der Waals surface area contributed by atoms with Crippen LogP contribution in [0, 0.1) is 0 Å². The van der Waals surface area contributed by atoms with Gasteiger partial charge in [-0.1, -0.05) is 12.8 Å². The Bertz CT molecular complexity index is 650. The van der Waals surface area contributed by atoms with Gasteiger partial charge in [0.25, 0.3) is 5.91 Å². The van der Waals surface area contributed by atoms with Gasteiger partial charge in [0.15, 0.2) is 0 Å². The molecule has 6 heteroatoms. The maximum atomic E-state index is 12.8. The van der Waals surface area contributed by atoms with E-state index in [1.54, 1.807) is 11.1 Å². The first-order valence-electron chi connectivity index (χ1n) is 9.15. The SMILES string of the molecule is O=C(CN1CCCc2nc(C3CC3)ncc2C1=O)NC1CCCC1. The molecule has 128 valence electrons. The van der Waals surface area contributed by atoms with Gasteiger partial charge in [-0.05, 0) is 38.5 Å². The topological polar surface area (TPSA) is 75.2 Å². The summed E-state index contributed by atoms with van der Waals surface area (Å²) in [6, 6.07) is 0.288. The number of aromatic nitrogens is 2. The molecule has 2 aliphatic carbocycles. The summed E-state index contributed by atoms with van der Waals surface area (Å²) in [6.45, 7) is 0.741. The van der Waals surface area contributed by atoms with E-state index in [0.29, 0.717) is 18.0 Å². The summed E-state index contributed by atoms with van der Waals surface area (Å²) in [7, 11) is 0. The van der Waals surface area contributed by atoms with Crippen LogP contribution >= 0.6 is 0 Å². The summed E-state index contributed by atoms with van der Waals surface area (Å²) < 4.78 is 0. The van der Waals surface area contributed by atoms with E-state index in [4.69, 9.17) is 0 Å². The van der Waals surface area contributed by atoms with Crippen molar-refractivity contribution in [1.82, 2.24) is 20.2 Å². The van der Waals surface area contributed by atoms with Gasteiger partial charge in [-0.25, -0.2) is 9.97 Å². The number of hydrogen-bond donors (Lipinski definition) is 1. The second kappa shape index (κ2) is 6.49. The van der Waals surface area contributed by atoms with Crippen LogP contribution in [0.2, 0.25) is 0 Å². The Balaban J connectivity index is 1.44. The second-order valence-electron chi connectivity index (χ2n) is 7.24. The van der Waals surface area contributed by atoms with Gasteiger partial charge in [0, 0.05) is 24.7 Å². The highest BCUT2D eigenvalue weighted by Gasteiger charge is 2.30. The van der Waals surface area contributed by atoms with Crippen molar-refractivity contribution < 1.29 is 9.59 Å². The largest absolute Gasteiger partial charge is 0.352 e. The summed E-state index contributed by atoms with van der Waals surface area (Å²) in [5, 5.41) is 3.06. The normalized spacial score (nSPS) is 21.5. The molecule has 24 heavy (non-hydrogen) atoms. The predicted molar refractivity (Wildman–Crippen MR) is 88.6 cm³/mol. The Hall–Kier alpha value is -1.98. The first-order valence-corrected chi connectivity index (χ1v) is 9.15. The molecule has 2 heterocycles. The third-order valence-corrected chi connectivity index (χ3v) is 5.24. The highest BCUT2D eigenvalue weighted by atomic mass is 16.2. The van der Waals surface area contributed by atoms with Crippen LogP contribution < -0.4 is 5.32 Å². The molecule has 3 aliphatic rings.